The molecule has 37 heavy (non-hydrogen) atoms. The lowest BCUT2D eigenvalue weighted by Gasteiger charge is -2.12. The molecule has 3 aromatic carbocycles. The van der Waals surface area contributed by atoms with Gasteiger partial charge < -0.3 is 14.2 Å². The zero-order valence-corrected chi connectivity index (χ0v) is 20.3. The minimum Gasteiger partial charge on any atom is -0.490 e. The highest BCUT2D eigenvalue weighted by atomic mass is 16.6. The summed E-state index contributed by atoms with van der Waals surface area (Å²) in [6, 6.07) is 13.4. The van der Waals surface area contributed by atoms with Gasteiger partial charge in [-0.25, -0.2) is 5.43 Å². The zero-order chi connectivity index (χ0) is 26.9. The summed E-state index contributed by atoms with van der Waals surface area (Å²) in [4.78, 5) is 32.9. The smallest absolute Gasteiger partial charge is 0.318 e. The number of aryl methyl sites for hydroxylation is 2. The van der Waals surface area contributed by atoms with E-state index >= 15 is 0 Å². The fourth-order valence-corrected chi connectivity index (χ4v) is 3.30. The van der Waals surface area contributed by atoms with Crippen LogP contribution in [0.3, 0.4) is 0 Å². The Morgan fingerprint density at radius 2 is 1.62 bits per heavy atom. The van der Waals surface area contributed by atoms with Crippen LogP contribution in [0.4, 0.5) is 11.4 Å². The van der Waals surface area contributed by atoms with Crippen LogP contribution >= 0.6 is 0 Å². The van der Waals surface area contributed by atoms with Gasteiger partial charge in [-0.05, 0) is 73.9 Å². The van der Waals surface area contributed by atoms with Crippen LogP contribution in [0.2, 0.25) is 0 Å². The van der Waals surface area contributed by atoms with Gasteiger partial charge in [0.25, 0.3) is 11.6 Å². The van der Waals surface area contributed by atoms with Gasteiger partial charge in [0.05, 0.1) is 28.7 Å². The van der Waals surface area contributed by atoms with Gasteiger partial charge in [-0.15, -0.1) is 0 Å². The van der Waals surface area contributed by atoms with E-state index in [-0.39, 0.29) is 30.5 Å². The minimum absolute atomic E-state index is 0.154. The zero-order valence-electron chi connectivity index (χ0n) is 20.3. The highest BCUT2D eigenvalue weighted by Gasteiger charge is 2.22. The number of rotatable bonds is 11. The van der Waals surface area contributed by atoms with Crippen LogP contribution in [0.1, 0.15) is 23.6 Å². The number of nitrogens with one attached hydrogen (secondary N) is 1. The van der Waals surface area contributed by atoms with Gasteiger partial charge in [0, 0.05) is 6.07 Å². The van der Waals surface area contributed by atoms with E-state index in [9.17, 15) is 25.0 Å². The summed E-state index contributed by atoms with van der Waals surface area (Å²) in [6.07, 6.45) is 1.38. The maximum absolute atomic E-state index is 12.1. The van der Waals surface area contributed by atoms with E-state index in [1.807, 2.05) is 32.0 Å². The Balaban J connectivity index is 1.69. The molecule has 0 atom stereocenters. The first-order valence-electron chi connectivity index (χ1n) is 11.1. The molecule has 1 amide bonds. The van der Waals surface area contributed by atoms with Crippen LogP contribution in [-0.2, 0) is 4.79 Å². The molecule has 0 aromatic heterocycles. The highest BCUT2D eigenvalue weighted by Crippen LogP contribution is 2.38. The number of hydrazone groups is 1. The van der Waals surface area contributed by atoms with Crippen molar-refractivity contribution in [1.82, 2.24) is 5.43 Å². The van der Waals surface area contributed by atoms with Gasteiger partial charge in [-0.2, -0.15) is 5.10 Å². The summed E-state index contributed by atoms with van der Waals surface area (Å²) < 4.78 is 16.7. The maximum atomic E-state index is 12.1. The second-order valence-corrected chi connectivity index (χ2v) is 7.81. The Morgan fingerprint density at radius 1 is 0.919 bits per heavy atom. The van der Waals surface area contributed by atoms with Crippen molar-refractivity contribution in [1.29, 1.82) is 0 Å². The molecule has 0 bridgehead atoms. The summed E-state index contributed by atoms with van der Waals surface area (Å²) in [7, 11) is 0. The Bertz CT molecular complexity index is 1340. The Morgan fingerprint density at radius 3 is 2.27 bits per heavy atom. The number of carbonyl (C=O) groups excluding carboxylic acids is 1. The predicted octanol–water partition coefficient (Wildman–Crippen LogP) is 4.84. The van der Waals surface area contributed by atoms with E-state index in [1.165, 1.54) is 12.3 Å². The van der Waals surface area contributed by atoms with Crippen LogP contribution in [-0.4, -0.2) is 35.2 Å². The third-order valence-electron chi connectivity index (χ3n) is 4.81. The summed E-state index contributed by atoms with van der Waals surface area (Å²) >= 11 is 0. The van der Waals surface area contributed by atoms with Gasteiger partial charge in [0.15, 0.2) is 18.1 Å². The molecular formula is C25H24N4O8. The van der Waals surface area contributed by atoms with E-state index in [0.717, 1.165) is 29.3 Å². The molecule has 3 aromatic rings. The normalized spacial score (nSPS) is 10.7. The van der Waals surface area contributed by atoms with Crippen LogP contribution in [0.25, 0.3) is 0 Å². The van der Waals surface area contributed by atoms with Crippen molar-refractivity contribution in [2.24, 2.45) is 5.10 Å². The van der Waals surface area contributed by atoms with Gasteiger partial charge in [0.1, 0.15) is 5.75 Å². The van der Waals surface area contributed by atoms with Crippen molar-refractivity contribution in [3.63, 3.8) is 0 Å². The fraction of sp³-hybridized carbons (Fsp3) is 0.200. The Kier molecular flexibility index (Phi) is 8.71. The number of carbonyl (C=O) groups is 1. The molecule has 0 unspecified atom stereocenters. The van der Waals surface area contributed by atoms with Crippen LogP contribution < -0.4 is 19.6 Å². The summed E-state index contributed by atoms with van der Waals surface area (Å²) in [5, 5.41) is 26.3. The van der Waals surface area contributed by atoms with E-state index in [0.29, 0.717) is 11.3 Å². The molecule has 0 heterocycles. The lowest BCUT2D eigenvalue weighted by Crippen LogP contribution is -2.24. The summed E-state index contributed by atoms with van der Waals surface area (Å²) in [5.74, 6) is 0.354. The second-order valence-electron chi connectivity index (χ2n) is 7.81. The van der Waals surface area contributed by atoms with E-state index < -0.39 is 27.1 Å². The van der Waals surface area contributed by atoms with Gasteiger partial charge >= 0.3 is 5.69 Å². The van der Waals surface area contributed by atoms with Crippen LogP contribution in [0.15, 0.2) is 59.7 Å². The average molecular weight is 508 g/mol. The number of non-ortho nitro benzene ring substituents is 1. The van der Waals surface area contributed by atoms with Gasteiger partial charge in [-0.1, -0.05) is 6.07 Å². The van der Waals surface area contributed by atoms with Crippen LogP contribution in [0.5, 0.6) is 23.0 Å². The van der Waals surface area contributed by atoms with E-state index in [4.69, 9.17) is 14.2 Å². The molecule has 0 aliphatic rings. The maximum Gasteiger partial charge on any atom is 0.318 e. The van der Waals surface area contributed by atoms with Crippen molar-refractivity contribution < 1.29 is 28.9 Å². The Hall–Kier alpha value is -5.00. The number of nitrogens with zero attached hydrogens (tertiary/aromatic N) is 3. The first-order valence-corrected chi connectivity index (χ1v) is 11.1. The molecule has 12 heteroatoms. The van der Waals surface area contributed by atoms with Crippen molar-refractivity contribution in [3.05, 3.63) is 91.5 Å². The molecule has 0 radical (unpaired) electrons. The summed E-state index contributed by atoms with van der Waals surface area (Å²) in [6.45, 7) is 5.67. The third-order valence-corrected chi connectivity index (χ3v) is 4.81. The molecule has 0 aliphatic heterocycles. The topological polar surface area (TPSA) is 155 Å². The number of amides is 1. The molecule has 0 spiro atoms. The summed E-state index contributed by atoms with van der Waals surface area (Å²) in [5.41, 5.74) is 3.97. The SMILES string of the molecule is CCOc1cc(/C=N\NC(=O)COc2cc(C)cc(C)c2)ccc1Oc1ccc([N+](=O)[O-])cc1[N+](=O)[O-]. The van der Waals surface area contributed by atoms with E-state index in [2.05, 4.69) is 10.5 Å². The van der Waals surface area contributed by atoms with Crippen molar-refractivity contribution in [3.8, 4) is 23.0 Å². The van der Waals surface area contributed by atoms with Crippen molar-refractivity contribution in [2.45, 2.75) is 20.8 Å². The molecule has 192 valence electrons. The largest absolute Gasteiger partial charge is 0.490 e. The van der Waals surface area contributed by atoms with Crippen molar-refractivity contribution >= 4 is 23.5 Å². The molecule has 12 nitrogen and oxygen atoms in total. The van der Waals surface area contributed by atoms with Crippen LogP contribution in [0, 0.1) is 34.1 Å². The molecule has 1 N–H and O–H groups in total. The number of benzene rings is 3. The first kappa shape index (κ1) is 26.6. The lowest BCUT2D eigenvalue weighted by molar-refractivity contribution is -0.394. The van der Waals surface area contributed by atoms with Gasteiger partial charge in [0.2, 0.25) is 5.75 Å². The molecule has 0 aliphatic carbocycles. The molecule has 0 saturated heterocycles. The number of hydrogen-bond acceptors (Lipinski definition) is 9. The fourth-order valence-electron chi connectivity index (χ4n) is 3.30. The molecule has 0 fully saturated rings. The molecule has 0 saturated carbocycles. The number of ether oxygens (including phenoxy) is 3. The van der Waals surface area contributed by atoms with Gasteiger partial charge in [-0.3, -0.25) is 25.0 Å². The Labute approximate surface area is 211 Å². The standard InChI is InChI=1S/C25H24N4O8/c1-4-35-24-12-18(14-26-27-25(30)15-36-20-10-16(2)9-17(3)11-20)5-7-23(24)37-22-8-6-19(28(31)32)13-21(22)29(33)34/h5-14H,4,15H2,1-3H3,(H,27,30)/b26-14-. The number of nitro benzene ring substituents is 2. The molecular weight excluding hydrogens is 484 g/mol. The third kappa shape index (κ3) is 7.49. The lowest BCUT2D eigenvalue weighted by atomic mass is 10.1. The minimum atomic E-state index is -0.768. The predicted molar refractivity (Wildman–Crippen MR) is 135 cm³/mol. The number of nitro groups is 2. The number of hydrogen-bond donors (Lipinski definition) is 1. The highest BCUT2D eigenvalue weighted by molar-refractivity contribution is 5.83. The average Bonchev–Trinajstić information content (AvgIpc) is 2.84. The quantitative estimate of drug-likeness (QED) is 0.219. The molecule has 3 rings (SSSR count). The second kappa shape index (κ2) is 12.1. The van der Waals surface area contributed by atoms with E-state index in [1.54, 1.807) is 19.1 Å². The van der Waals surface area contributed by atoms with Crippen molar-refractivity contribution in [2.75, 3.05) is 13.2 Å². The monoisotopic (exact) mass is 508 g/mol. The first-order chi connectivity index (χ1) is 17.7.